The molecule has 2 rings (SSSR count). The third kappa shape index (κ3) is 2.56. The van der Waals surface area contributed by atoms with Gasteiger partial charge in [-0.25, -0.2) is 22.0 Å². The number of rotatable bonds is 1. The van der Waals surface area contributed by atoms with E-state index in [0.717, 1.165) is 0 Å². The normalized spacial score (nSPS) is 51.6. The molecule has 0 heterocycles. The molecule has 2 aliphatic carbocycles. The van der Waals surface area contributed by atoms with E-state index < -0.39 is 42.7 Å². The lowest BCUT2D eigenvalue weighted by atomic mass is 9.68. The average molecular weight is 281 g/mol. The molecule has 0 radical (unpaired) electrons. The molecule has 0 aliphatic heterocycles. The molecule has 0 bridgehead atoms. The Balaban J connectivity index is 2.15. The molecule has 0 aromatic carbocycles. The van der Waals surface area contributed by atoms with Gasteiger partial charge in [0.25, 0.3) is 0 Å². The van der Waals surface area contributed by atoms with Gasteiger partial charge in [0.1, 0.15) is 12.3 Å². The molecule has 2 fully saturated rings. The summed E-state index contributed by atoms with van der Waals surface area (Å²) in [5, 5.41) is 8.84. The zero-order chi connectivity index (χ0) is 14.2. The van der Waals surface area contributed by atoms with Crippen LogP contribution < -0.4 is 0 Å². The molecular weight excluding hydrogens is 265 g/mol. The minimum atomic E-state index is -2.74. The summed E-state index contributed by atoms with van der Waals surface area (Å²) in [6, 6.07) is 2.03. The van der Waals surface area contributed by atoms with Crippen LogP contribution in [-0.4, -0.2) is 30.9 Å². The van der Waals surface area contributed by atoms with Crippen molar-refractivity contribution in [3.05, 3.63) is 0 Å². The first-order chi connectivity index (χ1) is 8.97. The van der Waals surface area contributed by atoms with Gasteiger partial charge in [-0.05, 0) is 25.2 Å². The summed E-state index contributed by atoms with van der Waals surface area (Å²) in [5.74, 6) is -2.40. The smallest absolute Gasteiger partial charge is 0.168 e. The first-order valence-corrected chi connectivity index (χ1v) is 6.57. The summed E-state index contributed by atoms with van der Waals surface area (Å²) in [5.41, 5.74) is 0. The van der Waals surface area contributed by atoms with Gasteiger partial charge in [0.15, 0.2) is 18.5 Å². The maximum atomic E-state index is 13.8. The van der Waals surface area contributed by atoms with Gasteiger partial charge in [-0.2, -0.15) is 5.26 Å². The van der Waals surface area contributed by atoms with Crippen LogP contribution in [0.15, 0.2) is 0 Å². The fraction of sp³-hybridized carbons (Fsp3) is 0.923. The van der Waals surface area contributed by atoms with Gasteiger partial charge in [0.05, 0.1) is 6.07 Å². The first kappa shape index (κ1) is 14.5. The van der Waals surface area contributed by atoms with Crippen molar-refractivity contribution in [1.82, 2.24) is 0 Å². The molecule has 6 atom stereocenters. The fourth-order valence-corrected chi connectivity index (χ4v) is 3.34. The van der Waals surface area contributed by atoms with Crippen LogP contribution in [-0.2, 0) is 0 Å². The van der Waals surface area contributed by atoms with Crippen molar-refractivity contribution in [3.63, 3.8) is 0 Å². The third-order valence-electron chi connectivity index (χ3n) is 4.39. The van der Waals surface area contributed by atoms with E-state index in [2.05, 4.69) is 0 Å². The van der Waals surface area contributed by atoms with Crippen molar-refractivity contribution >= 4 is 0 Å². The molecule has 6 heteroatoms. The Morgan fingerprint density at radius 3 is 1.84 bits per heavy atom. The van der Waals surface area contributed by atoms with Crippen LogP contribution in [0.25, 0.3) is 0 Å². The van der Waals surface area contributed by atoms with Gasteiger partial charge in [0.2, 0.25) is 0 Å². The number of nitriles is 1. The molecule has 0 saturated heterocycles. The molecule has 6 unspecified atom stereocenters. The van der Waals surface area contributed by atoms with Crippen LogP contribution in [0.3, 0.4) is 0 Å². The zero-order valence-corrected chi connectivity index (χ0v) is 10.3. The number of hydrogen-bond donors (Lipinski definition) is 0. The number of halogens is 5. The SMILES string of the molecule is N#CC1CCCC(C2C(F)C(F)C(F)C(F)C2F)C1. The monoisotopic (exact) mass is 281 g/mol. The van der Waals surface area contributed by atoms with Crippen LogP contribution in [0.4, 0.5) is 22.0 Å². The summed E-state index contributed by atoms with van der Waals surface area (Å²) >= 11 is 0. The van der Waals surface area contributed by atoms with Crippen LogP contribution in [0.5, 0.6) is 0 Å². The Bertz CT molecular complexity index is 341. The van der Waals surface area contributed by atoms with Crippen molar-refractivity contribution in [2.45, 2.75) is 56.5 Å². The topological polar surface area (TPSA) is 23.8 Å². The molecule has 19 heavy (non-hydrogen) atoms. The van der Waals surface area contributed by atoms with Crippen LogP contribution >= 0.6 is 0 Å². The van der Waals surface area contributed by atoms with Gasteiger partial charge in [-0.3, -0.25) is 0 Å². The van der Waals surface area contributed by atoms with Crippen molar-refractivity contribution < 1.29 is 22.0 Å². The predicted molar refractivity (Wildman–Crippen MR) is 59.0 cm³/mol. The lowest BCUT2D eigenvalue weighted by molar-refractivity contribution is -0.110. The molecule has 2 aliphatic rings. The summed E-state index contributed by atoms with van der Waals surface area (Å²) in [7, 11) is 0. The summed E-state index contributed by atoms with van der Waals surface area (Å²) in [4.78, 5) is 0. The van der Waals surface area contributed by atoms with Crippen LogP contribution in [0.2, 0.25) is 0 Å². The summed E-state index contributed by atoms with van der Waals surface area (Å²) < 4.78 is 67.4. The second kappa shape index (κ2) is 5.64. The van der Waals surface area contributed by atoms with Crippen LogP contribution in [0, 0.1) is 29.1 Å². The molecule has 0 N–H and O–H groups in total. The van der Waals surface area contributed by atoms with E-state index in [9.17, 15) is 22.0 Å². The van der Waals surface area contributed by atoms with Crippen molar-refractivity contribution in [2.24, 2.45) is 17.8 Å². The van der Waals surface area contributed by atoms with E-state index in [1.54, 1.807) is 0 Å². The van der Waals surface area contributed by atoms with Crippen molar-refractivity contribution in [3.8, 4) is 6.07 Å². The molecule has 0 spiro atoms. The Morgan fingerprint density at radius 2 is 1.32 bits per heavy atom. The molecule has 1 nitrogen and oxygen atoms in total. The second-order valence-corrected chi connectivity index (χ2v) is 5.55. The van der Waals surface area contributed by atoms with Gasteiger partial charge in [0, 0.05) is 11.8 Å². The summed E-state index contributed by atoms with van der Waals surface area (Å²) in [6.45, 7) is 0. The Kier molecular flexibility index (Phi) is 4.32. The van der Waals surface area contributed by atoms with E-state index in [1.807, 2.05) is 6.07 Å². The highest BCUT2D eigenvalue weighted by molar-refractivity contribution is 5.03. The number of hydrogen-bond acceptors (Lipinski definition) is 1. The molecule has 0 aromatic heterocycles. The molecule has 0 amide bonds. The Hall–Kier alpha value is -0.860. The largest absolute Gasteiger partial charge is 0.244 e. The predicted octanol–water partition coefficient (Wildman–Crippen LogP) is 3.64. The van der Waals surface area contributed by atoms with Gasteiger partial charge >= 0.3 is 0 Å². The highest BCUT2D eigenvalue weighted by atomic mass is 19.2. The lowest BCUT2D eigenvalue weighted by Gasteiger charge is -2.42. The van der Waals surface area contributed by atoms with Crippen LogP contribution in [0.1, 0.15) is 25.7 Å². The quantitative estimate of drug-likeness (QED) is 0.673. The van der Waals surface area contributed by atoms with Gasteiger partial charge in [-0.1, -0.05) is 6.42 Å². The molecule has 108 valence electrons. The summed E-state index contributed by atoms with van der Waals surface area (Å²) in [6.07, 6.45) is -10.7. The third-order valence-corrected chi connectivity index (χ3v) is 4.39. The van der Waals surface area contributed by atoms with E-state index in [4.69, 9.17) is 5.26 Å². The minimum absolute atomic E-state index is 0.235. The van der Waals surface area contributed by atoms with E-state index >= 15 is 0 Å². The number of nitrogens with zero attached hydrogens (tertiary/aromatic N) is 1. The van der Waals surface area contributed by atoms with E-state index in [1.165, 1.54) is 0 Å². The standard InChI is InChI=1S/C13H16F5N/c14-9-8(7-3-1-2-6(4-7)5-19)10(15)12(17)13(18)11(9)16/h6-13H,1-4H2. The van der Waals surface area contributed by atoms with E-state index in [0.29, 0.717) is 19.3 Å². The number of alkyl halides is 5. The average Bonchev–Trinajstić information content (AvgIpc) is 2.43. The van der Waals surface area contributed by atoms with Gasteiger partial charge in [-0.15, -0.1) is 0 Å². The molecular formula is C13H16F5N. The zero-order valence-electron chi connectivity index (χ0n) is 10.3. The lowest BCUT2D eigenvalue weighted by Crippen LogP contribution is -2.55. The first-order valence-electron chi connectivity index (χ1n) is 6.57. The maximum Gasteiger partial charge on any atom is 0.168 e. The second-order valence-electron chi connectivity index (χ2n) is 5.55. The fourth-order valence-electron chi connectivity index (χ4n) is 3.34. The Morgan fingerprint density at radius 1 is 0.789 bits per heavy atom. The molecule has 0 aromatic rings. The minimum Gasteiger partial charge on any atom is -0.244 e. The highest BCUT2D eigenvalue weighted by Gasteiger charge is 2.55. The Labute approximate surface area is 108 Å². The van der Waals surface area contributed by atoms with Crippen molar-refractivity contribution in [1.29, 1.82) is 5.26 Å². The maximum absolute atomic E-state index is 13.8. The van der Waals surface area contributed by atoms with E-state index in [-0.39, 0.29) is 12.3 Å². The highest BCUT2D eigenvalue weighted by Crippen LogP contribution is 2.45. The van der Waals surface area contributed by atoms with Crippen molar-refractivity contribution in [2.75, 3.05) is 0 Å². The van der Waals surface area contributed by atoms with Gasteiger partial charge < -0.3 is 0 Å². The molecule has 2 saturated carbocycles.